The molecule has 1 amide bonds. The summed E-state index contributed by atoms with van der Waals surface area (Å²) in [7, 11) is 0. The van der Waals surface area contributed by atoms with Crippen molar-refractivity contribution in [1.29, 1.82) is 0 Å². The van der Waals surface area contributed by atoms with Crippen molar-refractivity contribution >= 4 is 35.4 Å². The fourth-order valence-electron chi connectivity index (χ4n) is 2.09. The van der Waals surface area contributed by atoms with Crippen LogP contribution in [0.4, 0.5) is 19.1 Å². The molecule has 1 aromatic heterocycles. The van der Waals surface area contributed by atoms with E-state index in [-0.39, 0.29) is 0 Å². The van der Waals surface area contributed by atoms with Crippen molar-refractivity contribution in [3.8, 4) is 0 Å². The van der Waals surface area contributed by atoms with Crippen molar-refractivity contribution in [3.63, 3.8) is 0 Å². The van der Waals surface area contributed by atoms with Gasteiger partial charge in [0.2, 0.25) is 11.8 Å². The number of alkyl halides is 3. The van der Waals surface area contributed by atoms with E-state index in [0.717, 1.165) is 17.1 Å². The molecule has 0 aliphatic carbocycles. The lowest BCUT2D eigenvalue weighted by molar-refractivity contribution is -0.144. The first-order valence-electron chi connectivity index (χ1n) is 7.07. The lowest BCUT2D eigenvalue weighted by Crippen LogP contribution is -2.13. The number of hydrogen-bond donors (Lipinski definition) is 2. The third-order valence-electron chi connectivity index (χ3n) is 3.25. The molecule has 128 valence electrons. The summed E-state index contributed by atoms with van der Waals surface area (Å²) in [5.74, 6) is 0.0194. The number of benzene rings is 1. The maximum Gasteiger partial charge on any atom is 0.451 e. The van der Waals surface area contributed by atoms with Crippen molar-refractivity contribution in [3.05, 3.63) is 41.2 Å². The number of carbonyl (C=O) groups is 1. The van der Waals surface area contributed by atoms with Crippen molar-refractivity contribution in [2.24, 2.45) is 0 Å². The van der Waals surface area contributed by atoms with Crippen LogP contribution in [-0.2, 0) is 6.18 Å². The molecule has 10 heteroatoms. The monoisotopic (exact) mass is 374 g/mol. The third kappa shape index (κ3) is 4.04. The molecule has 0 unspecified atom stereocenters. The van der Waals surface area contributed by atoms with Gasteiger partial charge in [-0.1, -0.05) is 12.1 Å². The van der Waals surface area contributed by atoms with E-state index < -0.39 is 23.9 Å². The van der Waals surface area contributed by atoms with Gasteiger partial charge in [-0.2, -0.15) is 18.2 Å². The van der Waals surface area contributed by atoms with E-state index in [1.807, 2.05) is 35.7 Å². The van der Waals surface area contributed by atoms with E-state index in [9.17, 15) is 18.0 Å². The summed E-state index contributed by atoms with van der Waals surface area (Å²) >= 11 is 3.74. The molecule has 0 atom stereocenters. The Morgan fingerprint density at radius 1 is 1.21 bits per heavy atom. The van der Waals surface area contributed by atoms with Gasteiger partial charge in [-0.3, -0.25) is 15.2 Å². The van der Waals surface area contributed by atoms with Crippen LogP contribution in [0.1, 0.15) is 32.7 Å². The number of aromatic amines is 1. The summed E-state index contributed by atoms with van der Waals surface area (Å²) in [6.45, 7) is 0. The van der Waals surface area contributed by atoms with Gasteiger partial charge in [0, 0.05) is 5.56 Å². The highest BCUT2D eigenvalue weighted by atomic mass is 32.2. The number of halogens is 3. The maximum absolute atomic E-state index is 12.4. The highest BCUT2D eigenvalue weighted by Gasteiger charge is 2.35. The lowest BCUT2D eigenvalue weighted by Gasteiger charge is -2.21. The standard InChI is InChI=1S/C14H13F3N4OS2/c15-14(16,17)12-19-13(21-20-12)18-10(22)8-2-4-9(5-3-8)11-23-6-1-7-24-11/h2-5,11H,1,6-7H2,(H2,18,19,20,21,22). The zero-order valence-electron chi connectivity index (χ0n) is 12.3. The molecule has 1 fully saturated rings. The minimum absolute atomic E-state index is 0.336. The number of amides is 1. The van der Waals surface area contributed by atoms with Crippen LogP contribution in [0.5, 0.6) is 0 Å². The van der Waals surface area contributed by atoms with Crippen molar-refractivity contribution in [1.82, 2.24) is 15.2 Å². The highest BCUT2D eigenvalue weighted by Crippen LogP contribution is 2.43. The Balaban J connectivity index is 1.65. The number of thioether (sulfide) groups is 2. The van der Waals surface area contributed by atoms with Gasteiger partial charge in [-0.05, 0) is 35.6 Å². The molecule has 1 aliphatic heterocycles. The van der Waals surface area contributed by atoms with Gasteiger partial charge in [-0.15, -0.1) is 28.6 Å². The average Bonchev–Trinajstić information content (AvgIpc) is 3.05. The molecule has 2 heterocycles. The van der Waals surface area contributed by atoms with Crippen LogP contribution < -0.4 is 5.32 Å². The van der Waals surface area contributed by atoms with Gasteiger partial charge in [0.25, 0.3) is 5.91 Å². The number of carbonyl (C=O) groups excluding carboxylic acids is 1. The van der Waals surface area contributed by atoms with Crippen LogP contribution in [0.15, 0.2) is 24.3 Å². The molecule has 2 aromatic rings. The quantitative estimate of drug-likeness (QED) is 0.851. The van der Waals surface area contributed by atoms with Gasteiger partial charge >= 0.3 is 6.18 Å². The molecule has 0 spiro atoms. The lowest BCUT2D eigenvalue weighted by atomic mass is 10.1. The number of rotatable bonds is 3. The van der Waals surface area contributed by atoms with Crippen molar-refractivity contribution in [2.45, 2.75) is 17.2 Å². The molecule has 24 heavy (non-hydrogen) atoms. The van der Waals surface area contributed by atoms with E-state index in [1.54, 1.807) is 17.2 Å². The molecular formula is C14H13F3N4OS2. The summed E-state index contributed by atoms with van der Waals surface area (Å²) in [5.41, 5.74) is 1.46. The second-order valence-corrected chi connectivity index (χ2v) is 7.73. The minimum atomic E-state index is -4.63. The van der Waals surface area contributed by atoms with Gasteiger partial charge in [0.15, 0.2) is 0 Å². The zero-order valence-corrected chi connectivity index (χ0v) is 13.9. The van der Waals surface area contributed by atoms with Crippen LogP contribution in [0.2, 0.25) is 0 Å². The van der Waals surface area contributed by atoms with Crippen molar-refractivity contribution in [2.75, 3.05) is 16.8 Å². The number of nitrogens with one attached hydrogen (secondary N) is 2. The van der Waals surface area contributed by atoms with E-state index in [2.05, 4.69) is 15.4 Å². The molecule has 0 saturated carbocycles. The average molecular weight is 374 g/mol. The molecule has 0 bridgehead atoms. The first-order chi connectivity index (χ1) is 11.4. The molecular weight excluding hydrogens is 361 g/mol. The maximum atomic E-state index is 12.4. The normalized spacial score (nSPS) is 16.1. The summed E-state index contributed by atoms with van der Waals surface area (Å²) in [5, 5.41) is 7.34. The number of hydrogen-bond acceptors (Lipinski definition) is 5. The van der Waals surface area contributed by atoms with Gasteiger partial charge in [-0.25, -0.2) is 0 Å². The summed E-state index contributed by atoms with van der Waals surface area (Å²) in [4.78, 5) is 15.3. The van der Waals surface area contributed by atoms with Crippen LogP contribution >= 0.6 is 23.5 Å². The largest absolute Gasteiger partial charge is 0.451 e. The highest BCUT2D eigenvalue weighted by molar-refractivity contribution is 8.16. The van der Waals surface area contributed by atoms with Crippen LogP contribution in [0.25, 0.3) is 0 Å². The Kier molecular flexibility index (Phi) is 5.04. The molecule has 1 saturated heterocycles. The van der Waals surface area contributed by atoms with E-state index in [1.165, 1.54) is 6.42 Å². The molecule has 5 nitrogen and oxygen atoms in total. The first-order valence-corrected chi connectivity index (χ1v) is 9.17. The fraction of sp³-hybridized carbons (Fsp3) is 0.357. The molecule has 0 radical (unpaired) electrons. The third-order valence-corrected chi connectivity index (χ3v) is 6.27. The predicted molar refractivity (Wildman–Crippen MR) is 88.1 cm³/mol. The predicted octanol–water partition coefficient (Wildman–Crippen LogP) is 3.94. The van der Waals surface area contributed by atoms with Crippen molar-refractivity contribution < 1.29 is 18.0 Å². The number of H-pyrrole nitrogens is 1. The van der Waals surface area contributed by atoms with Crippen LogP contribution in [0.3, 0.4) is 0 Å². The molecule has 1 aliphatic rings. The van der Waals surface area contributed by atoms with Crippen LogP contribution in [-0.4, -0.2) is 32.6 Å². The summed E-state index contributed by atoms with van der Waals surface area (Å²) in [6, 6.07) is 7.03. The molecule has 2 N–H and O–H groups in total. The fourth-order valence-corrected chi connectivity index (χ4v) is 4.98. The number of aromatic nitrogens is 3. The Bertz CT molecular complexity index is 712. The molecule has 1 aromatic carbocycles. The minimum Gasteiger partial charge on any atom is -0.289 e. The van der Waals surface area contributed by atoms with Gasteiger partial charge < -0.3 is 0 Å². The zero-order chi connectivity index (χ0) is 17.2. The topological polar surface area (TPSA) is 70.7 Å². The second kappa shape index (κ2) is 7.06. The van der Waals surface area contributed by atoms with E-state index in [0.29, 0.717) is 10.1 Å². The first kappa shape index (κ1) is 17.2. The molecule has 3 rings (SSSR count). The van der Waals surface area contributed by atoms with Crippen LogP contribution in [0, 0.1) is 0 Å². The van der Waals surface area contributed by atoms with Gasteiger partial charge in [0.1, 0.15) is 0 Å². The Morgan fingerprint density at radius 3 is 2.46 bits per heavy atom. The van der Waals surface area contributed by atoms with E-state index >= 15 is 0 Å². The summed E-state index contributed by atoms with van der Waals surface area (Å²) < 4.78 is 37.7. The Morgan fingerprint density at radius 2 is 1.88 bits per heavy atom. The number of anilines is 1. The number of nitrogens with zero attached hydrogens (tertiary/aromatic N) is 2. The van der Waals surface area contributed by atoms with Gasteiger partial charge in [0.05, 0.1) is 4.58 Å². The Hall–Kier alpha value is -1.68. The summed E-state index contributed by atoms with van der Waals surface area (Å²) in [6.07, 6.45) is -3.43. The Labute approximate surface area is 144 Å². The van der Waals surface area contributed by atoms with E-state index in [4.69, 9.17) is 0 Å². The second-order valence-electron chi connectivity index (χ2n) is 5.01. The smallest absolute Gasteiger partial charge is 0.289 e. The SMILES string of the molecule is O=C(Nc1n[nH]c(C(F)(F)F)n1)c1ccc(C2SCCCS2)cc1.